The zero-order chi connectivity index (χ0) is 13.1. The van der Waals surface area contributed by atoms with Crippen molar-refractivity contribution in [2.24, 2.45) is 0 Å². The summed E-state index contributed by atoms with van der Waals surface area (Å²) in [6.45, 7) is 1.000. The van der Waals surface area contributed by atoms with Crippen LogP contribution in [0.1, 0.15) is 37.4 Å². The summed E-state index contributed by atoms with van der Waals surface area (Å²) in [4.78, 5) is 4.43. The Labute approximate surface area is 113 Å². The first-order valence-electron chi connectivity index (χ1n) is 7.11. The Kier molecular flexibility index (Phi) is 3.76. The molecule has 19 heavy (non-hydrogen) atoms. The number of aliphatic hydroxyl groups excluding tert-OH is 1. The summed E-state index contributed by atoms with van der Waals surface area (Å²) in [6.07, 6.45) is 5.99. The predicted molar refractivity (Wildman–Crippen MR) is 77.0 cm³/mol. The molecule has 2 N–H and O–H groups in total. The lowest BCUT2D eigenvalue weighted by Gasteiger charge is -2.23. The highest BCUT2D eigenvalue weighted by Gasteiger charge is 2.23. The standard InChI is InChI=1S/C16H20N2O/c19-16(14-9-2-1-3-10-17-14)13-8-4-6-12-7-5-11-18-15(12)13/h4-8,11,14,16-17,19H,1-3,9-10H2. The molecule has 0 spiro atoms. The van der Waals surface area contributed by atoms with E-state index in [2.05, 4.69) is 10.3 Å². The van der Waals surface area contributed by atoms with E-state index >= 15 is 0 Å². The minimum absolute atomic E-state index is 0.148. The minimum atomic E-state index is -0.475. The van der Waals surface area contributed by atoms with Gasteiger partial charge in [0.2, 0.25) is 0 Å². The molecule has 1 aromatic carbocycles. The van der Waals surface area contributed by atoms with Crippen molar-refractivity contribution in [3.63, 3.8) is 0 Å². The summed E-state index contributed by atoms with van der Waals surface area (Å²) >= 11 is 0. The third-order valence-electron chi connectivity index (χ3n) is 3.96. The van der Waals surface area contributed by atoms with Crippen LogP contribution in [0.5, 0.6) is 0 Å². The van der Waals surface area contributed by atoms with Crippen molar-refractivity contribution in [2.45, 2.75) is 37.8 Å². The lowest BCUT2D eigenvalue weighted by Crippen LogP contribution is -2.34. The van der Waals surface area contributed by atoms with Crippen LogP contribution in [0.25, 0.3) is 10.9 Å². The molecule has 1 aliphatic rings. The summed E-state index contributed by atoms with van der Waals surface area (Å²) in [6, 6.07) is 10.2. The zero-order valence-electron chi connectivity index (χ0n) is 11.0. The molecular weight excluding hydrogens is 236 g/mol. The minimum Gasteiger partial charge on any atom is -0.387 e. The fraction of sp³-hybridized carbons (Fsp3) is 0.438. The second-order valence-corrected chi connectivity index (χ2v) is 5.28. The van der Waals surface area contributed by atoms with Gasteiger partial charge < -0.3 is 10.4 Å². The summed E-state index contributed by atoms with van der Waals surface area (Å²) in [5.41, 5.74) is 1.86. The van der Waals surface area contributed by atoms with Crippen molar-refractivity contribution in [1.82, 2.24) is 10.3 Å². The molecule has 2 heterocycles. The van der Waals surface area contributed by atoms with E-state index < -0.39 is 6.10 Å². The highest BCUT2D eigenvalue weighted by molar-refractivity contribution is 5.81. The van der Waals surface area contributed by atoms with Gasteiger partial charge in [-0.15, -0.1) is 0 Å². The molecule has 3 heteroatoms. The van der Waals surface area contributed by atoms with E-state index in [4.69, 9.17) is 0 Å². The van der Waals surface area contributed by atoms with Crippen molar-refractivity contribution >= 4 is 10.9 Å². The SMILES string of the molecule is OC(c1cccc2cccnc12)C1CCCCCN1. The molecule has 0 radical (unpaired) electrons. The van der Waals surface area contributed by atoms with Gasteiger partial charge in [-0.05, 0) is 25.5 Å². The zero-order valence-corrected chi connectivity index (χ0v) is 11.0. The van der Waals surface area contributed by atoms with Crippen LogP contribution < -0.4 is 5.32 Å². The Morgan fingerprint density at radius 2 is 2.05 bits per heavy atom. The van der Waals surface area contributed by atoms with Gasteiger partial charge in [0.05, 0.1) is 11.6 Å². The van der Waals surface area contributed by atoms with Crippen molar-refractivity contribution in [3.8, 4) is 0 Å². The summed E-state index contributed by atoms with van der Waals surface area (Å²) < 4.78 is 0. The lowest BCUT2D eigenvalue weighted by molar-refractivity contribution is 0.127. The number of benzene rings is 1. The number of fused-ring (bicyclic) bond motifs is 1. The van der Waals surface area contributed by atoms with Gasteiger partial charge in [-0.25, -0.2) is 0 Å². The highest BCUT2D eigenvalue weighted by atomic mass is 16.3. The van der Waals surface area contributed by atoms with Crippen LogP contribution in [0.4, 0.5) is 0 Å². The number of para-hydroxylation sites is 1. The monoisotopic (exact) mass is 256 g/mol. The first-order chi connectivity index (χ1) is 9.36. The number of nitrogens with one attached hydrogen (secondary N) is 1. The number of pyridine rings is 1. The van der Waals surface area contributed by atoms with E-state index in [1.54, 1.807) is 6.20 Å². The molecule has 0 amide bonds. The third kappa shape index (κ3) is 2.62. The van der Waals surface area contributed by atoms with Crippen LogP contribution in [-0.4, -0.2) is 22.7 Å². The first-order valence-corrected chi connectivity index (χ1v) is 7.11. The van der Waals surface area contributed by atoms with Gasteiger partial charge in [0, 0.05) is 23.2 Å². The summed E-state index contributed by atoms with van der Waals surface area (Å²) in [5, 5.41) is 15.2. The number of hydrogen-bond acceptors (Lipinski definition) is 3. The molecule has 2 aromatic rings. The second-order valence-electron chi connectivity index (χ2n) is 5.28. The number of nitrogens with zero attached hydrogens (tertiary/aromatic N) is 1. The maximum atomic E-state index is 10.7. The van der Waals surface area contributed by atoms with Gasteiger partial charge in [-0.1, -0.05) is 37.1 Å². The van der Waals surface area contributed by atoms with Crippen LogP contribution in [-0.2, 0) is 0 Å². The number of aliphatic hydroxyl groups is 1. The van der Waals surface area contributed by atoms with Crippen LogP contribution in [0, 0.1) is 0 Å². The molecule has 0 aliphatic carbocycles. The Balaban J connectivity index is 1.94. The van der Waals surface area contributed by atoms with Crippen LogP contribution in [0.2, 0.25) is 0 Å². The number of rotatable bonds is 2. The largest absolute Gasteiger partial charge is 0.387 e. The maximum Gasteiger partial charge on any atom is 0.0963 e. The summed E-state index contributed by atoms with van der Waals surface area (Å²) in [7, 11) is 0. The van der Waals surface area contributed by atoms with E-state index in [1.807, 2.05) is 30.3 Å². The first kappa shape index (κ1) is 12.6. The Hall–Kier alpha value is -1.45. The molecule has 2 unspecified atom stereocenters. The van der Waals surface area contributed by atoms with Crippen LogP contribution in [0.15, 0.2) is 36.5 Å². The van der Waals surface area contributed by atoms with Gasteiger partial charge in [0.15, 0.2) is 0 Å². The topological polar surface area (TPSA) is 45.2 Å². The van der Waals surface area contributed by atoms with Crippen molar-refractivity contribution in [3.05, 3.63) is 42.1 Å². The predicted octanol–water partition coefficient (Wildman–Crippen LogP) is 2.80. The fourth-order valence-corrected chi connectivity index (χ4v) is 2.91. The second kappa shape index (κ2) is 5.68. The maximum absolute atomic E-state index is 10.7. The molecule has 1 fully saturated rings. The Morgan fingerprint density at radius 1 is 1.16 bits per heavy atom. The van der Waals surface area contributed by atoms with Gasteiger partial charge in [0.25, 0.3) is 0 Å². The molecule has 100 valence electrons. The molecule has 2 atom stereocenters. The fourth-order valence-electron chi connectivity index (χ4n) is 2.91. The number of aromatic nitrogens is 1. The van der Waals surface area contributed by atoms with Gasteiger partial charge >= 0.3 is 0 Å². The molecule has 0 saturated carbocycles. The summed E-state index contributed by atoms with van der Waals surface area (Å²) in [5.74, 6) is 0. The lowest BCUT2D eigenvalue weighted by atomic mass is 9.96. The van der Waals surface area contributed by atoms with Crippen molar-refractivity contribution in [1.29, 1.82) is 0 Å². The van der Waals surface area contributed by atoms with E-state index in [0.717, 1.165) is 29.4 Å². The van der Waals surface area contributed by atoms with Crippen LogP contribution >= 0.6 is 0 Å². The Morgan fingerprint density at radius 3 is 3.00 bits per heavy atom. The van der Waals surface area contributed by atoms with E-state index in [9.17, 15) is 5.11 Å². The van der Waals surface area contributed by atoms with E-state index in [-0.39, 0.29) is 6.04 Å². The smallest absolute Gasteiger partial charge is 0.0963 e. The van der Waals surface area contributed by atoms with Gasteiger partial charge in [0.1, 0.15) is 0 Å². The molecular formula is C16H20N2O. The average molecular weight is 256 g/mol. The third-order valence-corrected chi connectivity index (χ3v) is 3.96. The molecule has 3 rings (SSSR count). The molecule has 0 bridgehead atoms. The average Bonchev–Trinajstić information content (AvgIpc) is 2.75. The molecule has 1 saturated heterocycles. The van der Waals surface area contributed by atoms with Gasteiger partial charge in [-0.3, -0.25) is 4.98 Å². The van der Waals surface area contributed by atoms with E-state index in [0.29, 0.717) is 0 Å². The van der Waals surface area contributed by atoms with Crippen LogP contribution in [0.3, 0.4) is 0 Å². The van der Waals surface area contributed by atoms with Crippen molar-refractivity contribution in [2.75, 3.05) is 6.54 Å². The normalized spacial score (nSPS) is 22.1. The molecule has 3 nitrogen and oxygen atoms in total. The molecule has 1 aliphatic heterocycles. The van der Waals surface area contributed by atoms with Crippen molar-refractivity contribution < 1.29 is 5.11 Å². The van der Waals surface area contributed by atoms with E-state index in [1.165, 1.54) is 19.3 Å². The number of hydrogen-bond donors (Lipinski definition) is 2. The Bertz CT molecular complexity index is 542. The quantitative estimate of drug-likeness (QED) is 0.868. The molecule has 1 aromatic heterocycles. The highest BCUT2D eigenvalue weighted by Crippen LogP contribution is 2.27. The van der Waals surface area contributed by atoms with Gasteiger partial charge in [-0.2, -0.15) is 0 Å².